The molecule has 0 saturated carbocycles. The van der Waals surface area contributed by atoms with E-state index >= 15 is 0 Å². The number of methoxy groups -OCH3 is 1. The summed E-state index contributed by atoms with van der Waals surface area (Å²) in [5, 5.41) is 13.4. The van der Waals surface area contributed by atoms with E-state index in [1.54, 1.807) is 19.1 Å². The zero-order valence-electron chi connectivity index (χ0n) is 18.1. The molecule has 2 aromatic carbocycles. The van der Waals surface area contributed by atoms with E-state index in [0.717, 1.165) is 17.7 Å². The molecule has 0 aliphatic carbocycles. The first kappa shape index (κ1) is 24.0. The number of aliphatic hydroxyl groups is 1. The number of hydrogen-bond donors (Lipinski definition) is 3. The average Bonchev–Trinajstić information content (AvgIpc) is 3.13. The standard InChI is InChI=1S/C23H25F5N2O2/c1-13-5-8-18(25)20-16(13)10-15(30-20)11-29-22(31,23(26,27)28)12-21(2,3)17-7-6-14(24)9-19(17)32-4/h5-10,29-31H,11-12H2,1-4H3. The average molecular weight is 456 g/mol. The SMILES string of the molecule is COc1cc(F)ccc1C(C)(C)CC(O)(NCc1cc2c(C)ccc(F)c2[nH]1)C(F)(F)F. The van der Waals surface area contributed by atoms with Gasteiger partial charge in [-0.3, -0.25) is 5.32 Å². The Hall–Kier alpha value is -2.65. The van der Waals surface area contributed by atoms with Gasteiger partial charge in [0.15, 0.2) is 0 Å². The van der Waals surface area contributed by atoms with Crippen molar-refractivity contribution in [2.75, 3.05) is 7.11 Å². The van der Waals surface area contributed by atoms with Crippen LogP contribution in [-0.4, -0.2) is 29.1 Å². The number of halogens is 5. The van der Waals surface area contributed by atoms with Gasteiger partial charge in [0.05, 0.1) is 12.6 Å². The fourth-order valence-electron chi connectivity index (χ4n) is 3.94. The van der Waals surface area contributed by atoms with Crippen molar-refractivity contribution in [2.24, 2.45) is 0 Å². The Labute approximate surface area is 182 Å². The molecular weight excluding hydrogens is 431 g/mol. The third-order valence-electron chi connectivity index (χ3n) is 5.65. The van der Waals surface area contributed by atoms with Crippen molar-refractivity contribution in [1.29, 1.82) is 0 Å². The fourth-order valence-corrected chi connectivity index (χ4v) is 3.94. The van der Waals surface area contributed by atoms with Gasteiger partial charge in [-0.05, 0) is 36.1 Å². The Kier molecular flexibility index (Phi) is 6.27. The number of fused-ring (bicyclic) bond motifs is 1. The monoisotopic (exact) mass is 456 g/mol. The molecule has 3 aromatic rings. The second-order valence-corrected chi connectivity index (χ2v) is 8.56. The van der Waals surface area contributed by atoms with Crippen molar-refractivity contribution in [1.82, 2.24) is 10.3 Å². The lowest BCUT2D eigenvalue weighted by molar-refractivity contribution is -0.280. The quantitative estimate of drug-likeness (QED) is 0.326. The lowest BCUT2D eigenvalue weighted by Crippen LogP contribution is -2.59. The molecule has 3 N–H and O–H groups in total. The van der Waals surface area contributed by atoms with E-state index in [1.807, 2.05) is 0 Å². The van der Waals surface area contributed by atoms with Gasteiger partial charge in [-0.15, -0.1) is 0 Å². The summed E-state index contributed by atoms with van der Waals surface area (Å²) >= 11 is 0. The largest absolute Gasteiger partial charge is 0.496 e. The molecule has 3 rings (SSSR count). The molecule has 0 bridgehead atoms. The van der Waals surface area contributed by atoms with Gasteiger partial charge in [0.2, 0.25) is 5.72 Å². The van der Waals surface area contributed by atoms with Crippen molar-refractivity contribution < 1.29 is 31.8 Å². The number of aryl methyl sites for hydroxylation is 1. The first-order chi connectivity index (χ1) is 14.8. The van der Waals surface area contributed by atoms with Crippen LogP contribution in [0.2, 0.25) is 0 Å². The minimum Gasteiger partial charge on any atom is -0.496 e. The Balaban J connectivity index is 1.90. The zero-order chi connectivity index (χ0) is 23.9. The van der Waals surface area contributed by atoms with Gasteiger partial charge in [-0.1, -0.05) is 26.0 Å². The molecule has 0 radical (unpaired) electrons. The summed E-state index contributed by atoms with van der Waals surface area (Å²) in [4.78, 5) is 2.77. The highest BCUT2D eigenvalue weighted by atomic mass is 19.4. The van der Waals surface area contributed by atoms with Crippen LogP contribution in [0.25, 0.3) is 10.9 Å². The number of alkyl halides is 3. The van der Waals surface area contributed by atoms with Crippen LogP contribution in [-0.2, 0) is 12.0 Å². The van der Waals surface area contributed by atoms with E-state index in [4.69, 9.17) is 4.74 Å². The van der Waals surface area contributed by atoms with Crippen LogP contribution in [0.5, 0.6) is 5.75 Å². The molecule has 1 heterocycles. The lowest BCUT2D eigenvalue weighted by atomic mass is 9.77. The number of hydrogen-bond acceptors (Lipinski definition) is 3. The number of H-pyrrole nitrogens is 1. The van der Waals surface area contributed by atoms with Crippen molar-refractivity contribution in [2.45, 2.75) is 51.1 Å². The van der Waals surface area contributed by atoms with Gasteiger partial charge in [0.1, 0.15) is 17.4 Å². The molecule has 4 nitrogen and oxygen atoms in total. The molecule has 0 aliphatic rings. The molecule has 0 aliphatic heterocycles. The molecule has 0 amide bonds. The highest BCUT2D eigenvalue weighted by Crippen LogP contribution is 2.42. The molecule has 1 unspecified atom stereocenters. The molecule has 0 saturated heterocycles. The van der Waals surface area contributed by atoms with Gasteiger partial charge in [-0.25, -0.2) is 8.78 Å². The van der Waals surface area contributed by atoms with Crippen molar-refractivity contribution in [3.8, 4) is 5.75 Å². The normalized spacial score (nSPS) is 14.6. The van der Waals surface area contributed by atoms with Crippen molar-refractivity contribution >= 4 is 10.9 Å². The number of rotatable bonds is 7. The Morgan fingerprint density at radius 1 is 1.06 bits per heavy atom. The van der Waals surface area contributed by atoms with Crippen LogP contribution >= 0.6 is 0 Å². The summed E-state index contributed by atoms with van der Waals surface area (Å²) in [5.41, 5.74) is -2.98. The summed E-state index contributed by atoms with van der Waals surface area (Å²) < 4.78 is 74.6. The maximum Gasteiger partial charge on any atom is 0.431 e. The molecule has 9 heteroatoms. The van der Waals surface area contributed by atoms with Gasteiger partial charge >= 0.3 is 6.18 Å². The minimum atomic E-state index is -5.02. The zero-order valence-corrected chi connectivity index (χ0v) is 18.1. The van der Waals surface area contributed by atoms with Gasteiger partial charge in [0, 0.05) is 35.7 Å². The van der Waals surface area contributed by atoms with Gasteiger partial charge in [-0.2, -0.15) is 13.2 Å². The number of ether oxygens (including phenoxy) is 1. The topological polar surface area (TPSA) is 57.3 Å². The second kappa shape index (κ2) is 8.37. The van der Waals surface area contributed by atoms with E-state index in [-0.39, 0.29) is 23.5 Å². The number of nitrogens with one attached hydrogen (secondary N) is 2. The summed E-state index contributed by atoms with van der Waals surface area (Å²) in [6.45, 7) is 4.38. The van der Waals surface area contributed by atoms with Crippen LogP contribution in [0.1, 0.15) is 37.1 Å². The smallest absolute Gasteiger partial charge is 0.431 e. The summed E-state index contributed by atoms with van der Waals surface area (Å²) in [5.74, 6) is -1.03. The van der Waals surface area contributed by atoms with Crippen LogP contribution in [0.3, 0.4) is 0 Å². The molecule has 32 heavy (non-hydrogen) atoms. The predicted molar refractivity (Wildman–Crippen MR) is 111 cm³/mol. The van der Waals surface area contributed by atoms with Crippen molar-refractivity contribution in [3.05, 3.63) is 64.9 Å². The third-order valence-corrected chi connectivity index (χ3v) is 5.65. The van der Waals surface area contributed by atoms with Crippen LogP contribution in [0.15, 0.2) is 36.4 Å². The molecule has 1 aromatic heterocycles. The van der Waals surface area contributed by atoms with Crippen LogP contribution in [0, 0.1) is 18.6 Å². The lowest BCUT2D eigenvalue weighted by Gasteiger charge is -2.38. The Morgan fingerprint density at radius 3 is 2.34 bits per heavy atom. The maximum atomic E-state index is 14.0. The van der Waals surface area contributed by atoms with E-state index < -0.39 is 35.4 Å². The number of aromatic amines is 1. The van der Waals surface area contributed by atoms with Gasteiger partial charge < -0.3 is 14.8 Å². The summed E-state index contributed by atoms with van der Waals surface area (Å²) in [6, 6.07) is 7.95. The van der Waals surface area contributed by atoms with Crippen LogP contribution < -0.4 is 10.1 Å². The molecule has 1 atom stereocenters. The van der Waals surface area contributed by atoms with Crippen molar-refractivity contribution in [3.63, 3.8) is 0 Å². The molecule has 174 valence electrons. The summed E-state index contributed by atoms with van der Waals surface area (Å²) in [6.07, 6.45) is -5.80. The third kappa shape index (κ3) is 4.59. The highest BCUT2D eigenvalue weighted by molar-refractivity contribution is 5.84. The number of benzene rings is 2. The minimum absolute atomic E-state index is 0.0843. The van der Waals surface area contributed by atoms with E-state index in [2.05, 4.69) is 10.3 Å². The maximum absolute atomic E-state index is 14.0. The molecule has 0 fully saturated rings. The first-order valence-electron chi connectivity index (χ1n) is 9.92. The van der Waals surface area contributed by atoms with E-state index in [0.29, 0.717) is 10.9 Å². The van der Waals surface area contributed by atoms with Crippen LogP contribution in [0.4, 0.5) is 22.0 Å². The highest BCUT2D eigenvalue weighted by Gasteiger charge is 2.56. The molecular formula is C23H25F5N2O2. The fraction of sp³-hybridized carbons (Fsp3) is 0.391. The summed E-state index contributed by atoms with van der Waals surface area (Å²) in [7, 11) is 1.29. The van der Waals surface area contributed by atoms with Gasteiger partial charge in [0.25, 0.3) is 0 Å². The Morgan fingerprint density at radius 2 is 1.75 bits per heavy atom. The Bertz CT molecular complexity index is 1080. The van der Waals surface area contributed by atoms with E-state index in [1.165, 1.54) is 33.1 Å². The molecule has 0 spiro atoms. The predicted octanol–water partition coefficient (Wildman–Crippen LogP) is 5.47. The second-order valence-electron chi connectivity index (χ2n) is 8.56. The number of aromatic nitrogens is 1. The first-order valence-corrected chi connectivity index (χ1v) is 9.92. The van der Waals surface area contributed by atoms with E-state index in [9.17, 15) is 27.1 Å².